The first kappa shape index (κ1) is 19.2. The molecule has 1 unspecified atom stereocenters. The largest absolute Gasteiger partial charge is 0.301 e. The lowest BCUT2D eigenvalue weighted by molar-refractivity contribution is -0.113. The summed E-state index contributed by atoms with van der Waals surface area (Å²) in [7, 11) is 0. The van der Waals surface area contributed by atoms with E-state index in [1.54, 1.807) is 16.1 Å². The highest BCUT2D eigenvalue weighted by atomic mass is 32.2. The van der Waals surface area contributed by atoms with E-state index in [1.165, 1.54) is 35.5 Å². The number of carbonyl (C=O) groups is 1. The maximum absolute atomic E-state index is 13.2. The number of nitrogens with zero attached hydrogens (tertiary/aromatic N) is 5. The van der Waals surface area contributed by atoms with E-state index in [-0.39, 0.29) is 34.4 Å². The highest BCUT2D eigenvalue weighted by Gasteiger charge is 2.20. The summed E-state index contributed by atoms with van der Waals surface area (Å²) in [6.45, 7) is 1.92. The number of aromatic nitrogens is 5. The Bertz CT molecular complexity index is 1190. The summed E-state index contributed by atoms with van der Waals surface area (Å²) in [5.41, 5.74) is 1.12. The number of nitrogens with one attached hydrogen (secondary N) is 1. The number of carbonyl (C=O) groups excluding carboxylic acids is 1. The summed E-state index contributed by atoms with van der Waals surface area (Å²) in [5, 5.41) is 5.45. The van der Waals surface area contributed by atoms with Crippen LogP contribution >= 0.6 is 23.1 Å². The van der Waals surface area contributed by atoms with Gasteiger partial charge in [-0.15, -0.1) is 11.3 Å². The highest BCUT2D eigenvalue weighted by molar-refractivity contribution is 7.99. The summed E-state index contributed by atoms with van der Waals surface area (Å²) < 4.78 is 1.56. The van der Waals surface area contributed by atoms with Crippen molar-refractivity contribution >= 4 is 45.3 Å². The van der Waals surface area contributed by atoms with E-state index in [4.69, 9.17) is 0 Å². The van der Waals surface area contributed by atoms with Crippen LogP contribution in [0, 0.1) is 0 Å². The van der Waals surface area contributed by atoms with Crippen LogP contribution in [0.4, 0.5) is 5.13 Å². The molecule has 1 amide bonds. The Hall–Kier alpha value is -3.11. The van der Waals surface area contributed by atoms with E-state index >= 15 is 0 Å². The van der Waals surface area contributed by atoms with Gasteiger partial charge in [0.1, 0.15) is 0 Å². The third-order valence-corrected chi connectivity index (χ3v) is 5.83. The Labute approximate surface area is 174 Å². The first-order chi connectivity index (χ1) is 14.1. The van der Waals surface area contributed by atoms with Gasteiger partial charge in [-0.25, -0.2) is 19.9 Å². The minimum absolute atomic E-state index is 0.0826. The molecule has 4 rings (SSSR count). The van der Waals surface area contributed by atoms with Crippen molar-refractivity contribution in [2.45, 2.75) is 18.1 Å². The van der Waals surface area contributed by atoms with Gasteiger partial charge in [-0.05, 0) is 12.5 Å². The van der Waals surface area contributed by atoms with Gasteiger partial charge < -0.3 is 5.32 Å². The number of hydrogen-bond acceptors (Lipinski definition) is 8. The zero-order valence-electron chi connectivity index (χ0n) is 15.3. The molecular formula is C19H16N6O2S2. The van der Waals surface area contributed by atoms with Crippen LogP contribution in [0.5, 0.6) is 0 Å². The van der Waals surface area contributed by atoms with Crippen molar-refractivity contribution in [1.82, 2.24) is 24.5 Å². The Morgan fingerprint density at radius 1 is 1.17 bits per heavy atom. The van der Waals surface area contributed by atoms with E-state index in [9.17, 15) is 9.59 Å². The molecule has 1 atom stereocenters. The van der Waals surface area contributed by atoms with Crippen molar-refractivity contribution in [3.63, 3.8) is 0 Å². The van der Waals surface area contributed by atoms with Gasteiger partial charge in [0.2, 0.25) is 5.91 Å². The van der Waals surface area contributed by atoms with Crippen molar-refractivity contribution < 1.29 is 4.79 Å². The van der Waals surface area contributed by atoms with Crippen LogP contribution in [0.1, 0.15) is 18.5 Å². The fourth-order valence-corrected chi connectivity index (χ4v) is 4.21. The molecule has 0 saturated heterocycles. The fraction of sp³-hybridized carbons (Fsp3) is 0.158. The Morgan fingerprint density at radius 2 is 1.97 bits per heavy atom. The average Bonchev–Trinajstić information content (AvgIpc) is 3.25. The molecule has 146 valence electrons. The third-order valence-electron chi connectivity index (χ3n) is 4.19. The maximum Gasteiger partial charge on any atom is 0.282 e. The zero-order valence-corrected chi connectivity index (χ0v) is 17.0. The Kier molecular flexibility index (Phi) is 5.63. The van der Waals surface area contributed by atoms with Gasteiger partial charge in [0.25, 0.3) is 5.56 Å². The molecule has 0 fully saturated rings. The molecule has 3 heterocycles. The van der Waals surface area contributed by atoms with Gasteiger partial charge in [0.15, 0.2) is 21.5 Å². The van der Waals surface area contributed by atoms with Gasteiger partial charge in [-0.3, -0.25) is 14.2 Å². The predicted molar refractivity (Wildman–Crippen MR) is 113 cm³/mol. The zero-order chi connectivity index (χ0) is 20.2. The molecule has 0 bridgehead atoms. The van der Waals surface area contributed by atoms with Crippen LogP contribution in [-0.4, -0.2) is 36.2 Å². The lowest BCUT2D eigenvalue weighted by atomic mass is 10.1. The van der Waals surface area contributed by atoms with Gasteiger partial charge in [0, 0.05) is 24.0 Å². The molecular weight excluding hydrogens is 408 g/mol. The molecule has 0 aliphatic rings. The number of rotatable bonds is 6. The summed E-state index contributed by atoms with van der Waals surface area (Å²) >= 11 is 2.52. The quantitative estimate of drug-likeness (QED) is 0.375. The van der Waals surface area contributed by atoms with Crippen LogP contribution in [0.2, 0.25) is 0 Å². The summed E-state index contributed by atoms with van der Waals surface area (Å²) in [5.74, 6) is -0.142. The number of anilines is 1. The SMILES string of the molecule is CC(c1ccccc1)n1c(SCC(=O)Nc2nccs2)nc2nccnc2c1=O. The smallest absolute Gasteiger partial charge is 0.282 e. The minimum Gasteiger partial charge on any atom is -0.301 e. The fourth-order valence-electron chi connectivity index (χ4n) is 2.80. The average molecular weight is 425 g/mol. The number of fused-ring (bicyclic) bond motifs is 1. The molecule has 0 radical (unpaired) electrons. The number of thiazole rings is 1. The number of benzene rings is 1. The van der Waals surface area contributed by atoms with Gasteiger partial charge >= 0.3 is 0 Å². The van der Waals surface area contributed by atoms with E-state index in [0.29, 0.717) is 10.3 Å². The first-order valence-corrected chi connectivity index (χ1v) is 10.6. The lowest BCUT2D eigenvalue weighted by Gasteiger charge is -2.19. The van der Waals surface area contributed by atoms with Gasteiger partial charge in [0.05, 0.1) is 11.8 Å². The summed E-state index contributed by atoms with van der Waals surface area (Å²) in [6.07, 6.45) is 4.58. The molecule has 1 N–H and O–H groups in total. The minimum atomic E-state index is -0.290. The second-order valence-corrected chi connectivity index (χ2v) is 7.90. The molecule has 10 heteroatoms. The van der Waals surface area contributed by atoms with Crippen LogP contribution in [-0.2, 0) is 4.79 Å². The van der Waals surface area contributed by atoms with Crippen LogP contribution < -0.4 is 10.9 Å². The molecule has 0 aliphatic carbocycles. The molecule has 0 saturated carbocycles. The van der Waals surface area contributed by atoms with Gasteiger partial charge in [-0.2, -0.15) is 0 Å². The van der Waals surface area contributed by atoms with Crippen LogP contribution in [0.3, 0.4) is 0 Å². The molecule has 0 spiro atoms. The molecule has 8 nitrogen and oxygen atoms in total. The van der Waals surface area contributed by atoms with Crippen molar-refractivity contribution in [2.24, 2.45) is 0 Å². The lowest BCUT2D eigenvalue weighted by Crippen LogP contribution is -2.28. The van der Waals surface area contributed by atoms with Crippen molar-refractivity contribution in [2.75, 3.05) is 11.1 Å². The first-order valence-electron chi connectivity index (χ1n) is 8.74. The molecule has 3 aromatic heterocycles. The van der Waals surface area contributed by atoms with Crippen LogP contribution in [0.25, 0.3) is 11.2 Å². The number of amides is 1. The van der Waals surface area contributed by atoms with Crippen molar-refractivity contribution in [1.29, 1.82) is 0 Å². The monoisotopic (exact) mass is 424 g/mol. The number of hydrogen-bond donors (Lipinski definition) is 1. The highest BCUT2D eigenvalue weighted by Crippen LogP contribution is 2.24. The van der Waals surface area contributed by atoms with Crippen molar-refractivity contribution in [3.05, 3.63) is 70.2 Å². The van der Waals surface area contributed by atoms with E-state index < -0.39 is 0 Å². The van der Waals surface area contributed by atoms with E-state index in [0.717, 1.165) is 5.56 Å². The van der Waals surface area contributed by atoms with Gasteiger partial charge in [-0.1, -0.05) is 42.1 Å². The maximum atomic E-state index is 13.2. The summed E-state index contributed by atoms with van der Waals surface area (Å²) in [6, 6.07) is 9.36. The standard InChI is InChI=1S/C19H16N6O2S2/c1-12(13-5-3-2-4-6-13)25-17(27)15-16(21-8-7-20-15)24-19(25)29-11-14(26)23-18-22-9-10-28-18/h2-10,12H,11H2,1H3,(H,22,23,26). The molecule has 29 heavy (non-hydrogen) atoms. The molecule has 4 aromatic rings. The van der Waals surface area contributed by atoms with Crippen molar-refractivity contribution in [3.8, 4) is 0 Å². The van der Waals surface area contributed by atoms with E-state index in [2.05, 4.69) is 25.3 Å². The topological polar surface area (TPSA) is 103 Å². The second-order valence-electron chi connectivity index (χ2n) is 6.06. The predicted octanol–water partition coefficient (Wildman–Crippen LogP) is 2.98. The molecule has 1 aromatic carbocycles. The van der Waals surface area contributed by atoms with Crippen LogP contribution in [0.15, 0.2) is 64.3 Å². The Balaban J connectivity index is 1.69. The van der Waals surface area contributed by atoms with E-state index in [1.807, 2.05) is 37.3 Å². The second kappa shape index (κ2) is 8.50. The summed E-state index contributed by atoms with van der Waals surface area (Å²) in [4.78, 5) is 42.3. The number of thioether (sulfide) groups is 1. The molecule has 0 aliphatic heterocycles. The normalized spacial score (nSPS) is 12.0. The Morgan fingerprint density at radius 3 is 2.72 bits per heavy atom. The third kappa shape index (κ3) is 4.17.